The first-order valence-corrected chi connectivity index (χ1v) is 6.18. The number of hydrogen-bond acceptors (Lipinski definition) is 4. The summed E-state index contributed by atoms with van der Waals surface area (Å²) in [5, 5.41) is 10.7. The standard InChI is InChI=1S/C11H21N5O/c1-4-16(5-2)8-6-7-12-11-13-10(17)9(3)14-15-11/h4-8H2,1-3H3,(H2,12,13,15,17)/p+1. The molecule has 0 amide bonds. The topological polar surface area (TPSA) is 75.1 Å². The summed E-state index contributed by atoms with van der Waals surface area (Å²) in [6, 6.07) is 0. The first-order chi connectivity index (χ1) is 8.17. The second-order valence-corrected chi connectivity index (χ2v) is 4.08. The van der Waals surface area contributed by atoms with Crippen LogP contribution in [-0.4, -0.2) is 41.4 Å². The van der Waals surface area contributed by atoms with E-state index in [2.05, 4.69) is 34.3 Å². The molecule has 6 heteroatoms. The summed E-state index contributed by atoms with van der Waals surface area (Å²) in [6.07, 6.45) is 1.05. The van der Waals surface area contributed by atoms with Gasteiger partial charge in [0.05, 0.1) is 19.6 Å². The minimum Gasteiger partial charge on any atom is -0.354 e. The van der Waals surface area contributed by atoms with Crippen LogP contribution in [0.5, 0.6) is 0 Å². The zero-order valence-corrected chi connectivity index (χ0v) is 10.8. The maximum Gasteiger partial charge on any atom is 0.273 e. The molecule has 0 aromatic carbocycles. The number of nitrogens with zero attached hydrogens (tertiary/aromatic N) is 2. The fourth-order valence-electron chi connectivity index (χ4n) is 1.62. The van der Waals surface area contributed by atoms with Gasteiger partial charge in [0, 0.05) is 13.0 Å². The molecule has 0 saturated carbocycles. The highest BCUT2D eigenvalue weighted by Gasteiger charge is 2.02. The quantitative estimate of drug-likeness (QED) is 0.546. The third-order valence-electron chi connectivity index (χ3n) is 2.86. The lowest BCUT2D eigenvalue weighted by Gasteiger charge is -2.15. The van der Waals surface area contributed by atoms with Crippen molar-refractivity contribution < 1.29 is 4.90 Å². The Morgan fingerprint density at radius 1 is 1.29 bits per heavy atom. The Kier molecular flexibility index (Phi) is 5.62. The fraction of sp³-hybridized carbons (Fsp3) is 0.727. The molecule has 17 heavy (non-hydrogen) atoms. The number of aryl methyl sites for hydroxylation is 1. The minimum atomic E-state index is -0.183. The molecule has 0 spiro atoms. The van der Waals surface area contributed by atoms with Crippen LogP contribution in [0.4, 0.5) is 5.95 Å². The van der Waals surface area contributed by atoms with Gasteiger partial charge in [-0.1, -0.05) is 0 Å². The second-order valence-electron chi connectivity index (χ2n) is 4.08. The van der Waals surface area contributed by atoms with Crippen molar-refractivity contribution in [2.75, 3.05) is 31.5 Å². The van der Waals surface area contributed by atoms with Gasteiger partial charge >= 0.3 is 0 Å². The van der Waals surface area contributed by atoms with Gasteiger partial charge in [-0.3, -0.25) is 9.78 Å². The van der Waals surface area contributed by atoms with Crippen LogP contribution in [0.2, 0.25) is 0 Å². The molecule has 1 heterocycles. The molecule has 0 bridgehead atoms. The maximum absolute atomic E-state index is 11.3. The molecule has 0 fully saturated rings. The zero-order chi connectivity index (χ0) is 12.7. The highest BCUT2D eigenvalue weighted by Crippen LogP contribution is 1.90. The molecule has 1 aromatic heterocycles. The van der Waals surface area contributed by atoms with Crippen molar-refractivity contribution in [2.24, 2.45) is 0 Å². The van der Waals surface area contributed by atoms with E-state index in [9.17, 15) is 4.79 Å². The monoisotopic (exact) mass is 240 g/mol. The van der Waals surface area contributed by atoms with E-state index in [0.717, 1.165) is 32.6 Å². The van der Waals surface area contributed by atoms with Crippen molar-refractivity contribution in [1.82, 2.24) is 15.2 Å². The number of quaternary nitrogens is 1. The Bertz CT molecular complexity index is 386. The molecule has 96 valence electrons. The van der Waals surface area contributed by atoms with E-state index in [1.165, 1.54) is 0 Å². The zero-order valence-electron chi connectivity index (χ0n) is 10.8. The lowest BCUT2D eigenvalue weighted by Crippen LogP contribution is -3.11. The molecule has 0 atom stereocenters. The summed E-state index contributed by atoms with van der Waals surface area (Å²) < 4.78 is 0. The molecular formula is C11H22N5O+. The minimum absolute atomic E-state index is 0.183. The number of anilines is 1. The van der Waals surface area contributed by atoms with Gasteiger partial charge in [0.15, 0.2) is 0 Å². The van der Waals surface area contributed by atoms with E-state index in [4.69, 9.17) is 0 Å². The van der Waals surface area contributed by atoms with Crippen LogP contribution >= 0.6 is 0 Å². The summed E-state index contributed by atoms with van der Waals surface area (Å²) in [5.74, 6) is 0.454. The molecule has 0 aliphatic heterocycles. The summed E-state index contributed by atoms with van der Waals surface area (Å²) in [7, 11) is 0. The Balaban J connectivity index is 2.31. The summed E-state index contributed by atoms with van der Waals surface area (Å²) in [5.41, 5.74) is 0.208. The van der Waals surface area contributed by atoms with E-state index in [0.29, 0.717) is 11.6 Å². The van der Waals surface area contributed by atoms with Crippen LogP contribution in [0.25, 0.3) is 0 Å². The molecular weight excluding hydrogens is 218 g/mol. The van der Waals surface area contributed by atoms with Gasteiger partial charge in [-0.05, 0) is 20.8 Å². The highest BCUT2D eigenvalue weighted by molar-refractivity contribution is 5.20. The first-order valence-electron chi connectivity index (χ1n) is 6.18. The van der Waals surface area contributed by atoms with Gasteiger partial charge in [-0.15, -0.1) is 10.2 Å². The van der Waals surface area contributed by atoms with Crippen molar-refractivity contribution in [2.45, 2.75) is 27.2 Å². The Morgan fingerprint density at radius 2 is 2.00 bits per heavy atom. The van der Waals surface area contributed by atoms with Gasteiger partial charge < -0.3 is 10.2 Å². The molecule has 3 N–H and O–H groups in total. The predicted octanol–water partition coefficient (Wildman–Crippen LogP) is -0.800. The van der Waals surface area contributed by atoms with Crippen LogP contribution in [0.15, 0.2) is 4.79 Å². The first kappa shape index (κ1) is 13.6. The van der Waals surface area contributed by atoms with E-state index in [1.807, 2.05) is 0 Å². The van der Waals surface area contributed by atoms with E-state index in [1.54, 1.807) is 11.8 Å². The van der Waals surface area contributed by atoms with Gasteiger partial charge in [-0.2, -0.15) is 0 Å². The van der Waals surface area contributed by atoms with Crippen molar-refractivity contribution >= 4 is 5.95 Å². The fourth-order valence-corrected chi connectivity index (χ4v) is 1.62. The Morgan fingerprint density at radius 3 is 2.59 bits per heavy atom. The second kappa shape index (κ2) is 7.01. The van der Waals surface area contributed by atoms with Crippen molar-refractivity contribution in [3.05, 3.63) is 16.0 Å². The van der Waals surface area contributed by atoms with Gasteiger partial charge in [0.1, 0.15) is 5.69 Å². The van der Waals surface area contributed by atoms with Crippen molar-refractivity contribution in [1.29, 1.82) is 0 Å². The van der Waals surface area contributed by atoms with E-state index < -0.39 is 0 Å². The van der Waals surface area contributed by atoms with Crippen LogP contribution < -0.4 is 15.8 Å². The van der Waals surface area contributed by atoms with Gasteiger partial charge in [-0.25, -0.2) is 0 Å². The number of aromatic nitrogens is 3. The largest absolute Gasteiger partial charge is 0.354 e. The van der Waals surface area contributed by atoms with Crippen LogP contribution in [0, 0.1) is 6.92 Å². The molecule has 0 aliphatic rings. The number of hydrogen-bond donors (Lipinski definition) is 3. The molecule has 6 nitrogen and oxygen atoms in total. The van der Waals surface area contributed by atoms with Crippen LogP contribution in [0.3, 0.4) is 0 Å². The number of aromatic amines is 1. The Hall–Kier alpha value is -1.43. The van der Waals surface area contributed by atoms with Crippen molar-refractivity contribution in [3.8, 4) is 0 Å². The summed E-state index contributed by atoms with van der Waals surface area (Å²) in [4.78, 5) is 15.5. The van der Waals surface area contributed by atoms with Crippen molar-refractivity contribution in [3.63, 3.8) is 0 Å². The molecule has 0 radical (unpaired) electrons. The third-order valence-corrected chi connectivity index (χ3v) is 2.86. The average Bonchev–Trinajstić information content (AvgIpc) is 2.34. The maximum atomic E-state index is 11.3. The van der Waals surface area contributed by atoms with Crippen LogP contribution in [0.1, 0.15) is 26.0 Å². The third kappa shape index (κ3) is 4.52. The predicted molar refractivity (Wildman–Crippen MR) is 67.4 cm³/mol. The molecule has 0 aliphatic carbocycles. The number of nitrogens with one attached hydrogen (secondary N) is 3. The lowest BCUT2D eigenvalue weighted by atomic mass is 10.3. The molecule has 0 saturated heterocycles. The number of H-pyrrole nitrogens is 1. The normalized spacial score (nSPS) is 10.8. The van der Waals surface area contributed by atoms with E-state index in [-0.39, 0.29) is 5.56 Å². The Labute approximate surface area is 101 Å². The average molecular weight is 240 g/mol. The lowest BCUT2D eigenvalue weighted by molar-refractivity contribution is -0.896. The van der Waals surface area contributed by atoms with E-state index >= 15 is 0 Å². The smallest absolute Gasteiger partial charge is 0.273 e. The van der Waals surface area contributed by atoms with Gasteiger partial charge in [0.25, 0.3) is 5.56 Å². The molecule has 1 rings (SSSR count). The summed E-state index contributed by atoms with van der Waals surface area (Å²) >= 11 is 0. The molecule has 1 aromatic rings. The number of rotatable bonds is 7. The summed E-state index contributed by atoms with van der Waals surface area (Å²) in [6.45, 7) is 10.2. The highest BCUT2D eigenvalue weighted by atomic mass is 16.1. The van der Waals surface area contributed by atoms with Crippen LogP contribution in [-0.2, 0) is 0 Å². The SMILES string of the molecule is CC[NH+](CC)CCCNc1nnc(C)c(=O)[nH]1. The van der Waals surface area contributed by atoms with Gasteiger partial charge in [0.2, 0.25) is 5.95 Å². The molecule has 0 unspecified atom stereocenters.